The lowest BCUT2D eigenvalue weighted by atomic mass is 10.2. The molecule has 0 aliphatic carbocycles. The Kier molecular flexibility index (Phi) is 6.67. The van der Waals surface area contributed by atoms with Gasteiger partial charge in [-0.25, -0.2) is 10.2 Å². The Morgan fingerprint density at radius 3 is 2.32 bits per heavy atom. The van der Waals surface area contributed by atoms with Gasteiger partial charge in [0, 0.05) is 32.5 Å². The van der Waals surface area contributed by atoms with Crippen LogP contribution in [0.4, 0.5) is 0 Å². The number of rotatable bonds is 5. The van der Waals surface area contributed by atoms with Gasteiger partial charge in [-0.2, -0.15) is 5.10 Å². The van der Waals surface area contributed by atoms with E-state index in [1.54, 1.807) is 54.6 Å². The maximum absolute atomic E-state index is 12.4. The highest BCUT2D eigenvalue weighted by atomic mass is 79.9. The summed E-state index contributed by atoms with van der Waals surface area (Å²) in [5, 5.41) is 3.95. The fraction of sp³-hybridized carbons (Fsp3) is 0. The quantitative estimate of drug-likeness (QED) is 0.239. The number of nitrogens with one attached hydrogen (secondary N) is 1. The zero-order valence-corrected chi connectivity index (χ0v) is 17.5. The van der Waals surface area contributed by atoms with Crippen molar-refractivity contribution in [1.82, 2.24) is 10.4 Å². The molecule has 1 amide bonds. The minimum atomic E-state index is -0.495. The summed E-state index contributed by atoms with van der Waals surface area (Å²) in [6, 6.07) is 15.1. The maximum Gasteiger partial charge on any atom is 0.343 e. The molecule has 0 bridgehead atoms. The topological polar surface area (TPSA) is 80.6 Å². The molecule has 1 heterocycles. The summed E-state index contributed by atoms with van der Waals surface area (Å²) >= 11 is 6.70. The van der Waals surface area contributed by atoms with E-state index in [-0.39, 0.29) is 5.91 Å². The summed E-state index contributed by atoms with van der Waals surface area (Å²) in [6.07, 6.45) is 4.45. The maximum atomic E-state index is 12.4. The molecule has 140 valence electrons. The number of carbonyl (C=O) groups is 2. The third kappa shape index (κ3) is 5.34. The standard InChI is InChI=1S/C20H13Br2N3O3/c21-16-3-1-14(2-4-16)20(27)28-18-6-5-17(22)11-15(18)12-24-25-19(26)13-7-9-23-10-8-13/h1-12H,(H,25,26). The second kappa shape index (κ2) is 9.38. The Morgan fingerprint density at radius 2 is 1.61 bits per heavy atom. The predicted octanol–water partition coefficient (Wildman–Crippen LogP) is 4.59. The highest BCUT2D eigenvalue weighted by molar-refractivity contribution is 9.10. The zero-order chi connectivity index (χ0) is 19.9. The van der Waals surface area contributed by atoms with Gasteiger partial charge in [-0.15, -0.1) is 0 Å². The number of amides is 1. The summed E-state index contributed by atoms with van der Waals surface area (Å²) in [7, 11) is 0. The largest absolute Gasteiger partial charge is 0.422 e. The van der Waals surface area contributed by atoms with E-state index < -0.39 is 5.97 Å². The molecule has 0 unspecified atom stereocenters. The number of pyridine rings is 1. The van der Waals surface area contributed by atoms with E-state index in [1.807, 2.05) is 0 Å². The molecule has 0 aliphatic heterocycles. The third-order valence-corrected chi connectivity index (χ3v) is 4.59. The molecule has 8 heteroatoms. The predicted molar refractivity (Wildman–Crippen MR) is 113 cm³/mol. The number of halogens is 2. The number of hydrogen-bond acceptors (Lipinski definition) is 5. The van der Waals surface area contributed by atoms with Crippen molar-refractivity contribution in [3.63, 3.8) is 0 Å². The van der Waals surface area contributed by atoms with Crippen LogP contribution in [0.25, 0.3) is 0 Å². The van der Waals surface area contributed by atoms with Crippen LogP contribution in [-0.4, -0.2) is 23.1 Å². The van der Waals surface area contributed by atoms with E-state index in [0.29, 0.717) is 22.4 Å². The van der Waals surface area contributed by atoms with Crippen molar-refractivity contribution in [2.45, 2.75) is 0 Å². The van der Waals surface area contributed by atoms with Gasteiger partial charge in [0.05, 0.1) is 11.8 Å². The SMILES string of the molecule is O=C(NN=Cc1cc(Br)ccc1OC(=O)c1ccc(Br)cc1)c1ccncc1. The van der Waals surface area contributed by atoms with Gasteiger partial charge in [0.25, 0.3) is 5.91 Å². The Hall–Kier alpha value is -2.84. The molecular formula is C20H13Br2N3O3. The summed E-state index contributed by atoms with van der Waals surface area (Å²) < 4.78 is 7.12. The monoisotopic (exact) mass is 501 g/mol. The van der Waals surface area contributed by atoms with Gasteiger partial charge in [-0.05, 0) is 54.6 Å². The smallest absolute Gasteiger partial charge is 0.343 e. The van der Waals surface area contributed by atoms with Crippen molar-refractivity contribution in [2.75, 3.05) is 0 Å². The zero-order valence-electron chi connectivity index (χ0n) is 14.3. The van der Waals surface area contributed by atoms with E-state index in [1.165, 1.54) is 18.6 Å². The van der Waals surface area contributed by atoms with Crippen LogP contribution in [0.3, 0.4) is 0 Å². The third-order valence-electron chi connectivity index (χ3n) is 3.57. The number of nitrogens with zero attached hydrogens (tertiary/aromatic N) is 2. The number of benzene rings is 2. The molecule has 0 spiro atoms. The number of hydrazone groups is 1. The molecule has 3 rings (SSSR count). The van der Waals surface area contributed by atoms with Crippen LogP contribution in [-0.2, 0) is 0 Å². The van der Waals surface area contributed by atoms with E-state index in [0.717, 1.165) is 8.95 Å². The first-order valence-corrected chi connectivity index (χ1v) is 9.62. The first kappa shape index (κ1) is 19.9. The van der Waals surface area contributed by atoms with Crippen LogP contribution in [0.5, 0.6) is 5.75 Å². The van der Waals surface area contributed by atoms with Gasteiger partial charge in [-0.3, -0.25) is 9.78 Å². The van der Waals surface area contributed by atoms with Gasteiger partial charge < -0.3 is 4.74 Å². The second-order valence-corrected chi connectivity index (χ2v) is 7.34. The lowest BCUT2D eigenvalue weighted by Crippen LogP contribution is -2.17. The van der Waals surface area contributed by atoms with Crippen molar-refractivity contribution < 1.29 is 14.3 Å². The fourth-order valence-corrected chi connectivity index (χ4v) is 2.83. The van der Waals surface area contributed by atoms with Gasteiger partial charge >= 0.3 is 5.97 Å². The normalized spacial score (nSPS) is 10.6. The molecule has 0 saturated heterocycles. The van der Waals surface area contributed by atoms with Crippen molar-refractivity contribution in [3.05, 3.63) is 92.6 Å². The Bertz CT molecular complexity index is 1020. The Morgan fingerprint density at radius 1 is 0.929 bits per heavy atom. The summed E-state index contributed by atoms with van der Waals surface area (Å²) in [5.74, 6) is -0.551. The number of esters is 1. The average molecular weight is 503 g/mol. The molecule has 0 fully saturated rings. The Labute approximate surface area is 177 Å². The van der Waals surface area contributed by atoms with Crippen LogP contribution >= 0.6 is 31.9 Å². The van der Waals surface area contributed by atoms with Crippen molar-refractivity contribution >= 4 is 50.0 Å². The van der Waals surface area contributed by atoms with Crippen LogP contribution in [0.1, 0.15) is 26.3 Å². The summed E-state index contributed by atoms with van der Waals surface area (Å²) in [6.45, 7) is 0. The van der Waals surface area contributed by atoms with Gasteiger partial charge in [0.2, 0.25) is 0 Å². The van der Waals surface area contributed by atoms with Crippen LogP contribution in [0, 0.1) is 0 Å². The molecule has 6 nitrogen and oxygen atoms in total. The van der Waals surface area contributed by atoms with Crippen molar-refractivity contribution in [2.24, 2.45) is 5.10 Å². The van der Waals surface area contributed by atoms with Gasteiger partial charge in [-0.1, -0.05) is 31.9 Å². The minimum absolute atomic E-state index is 0.318. The highest BCUT2D eigenvalue weighted by Crippen LogP contribution is 2.23. The lowest BCUT2D eigenvalue weighted by Gasteiger charge is -2.08. The average Bonchev–Trinajstić information content (AvgIpc) is 2.71. The van der Waals surface area contributed by atoms with Crippen molar-refractivity contribution in [3.8, 4) is 5.75 Å². The molecular weight excluding hydrogens is 490 g/mol. The van der Waals surface area contributed by atoms with E-state index in [4.69, 9.17) is 4.74 Å². The van der Waals surface area contributed by atoms with E-state index in [9.17, 15) is 9.59 Å². The molecule has 28 heavy (non-hydrogen) atoms. The van der Waals surface area contributed by atoms with Crippen LogP contribution < -0.4 is 10.2 Å². The van der Waals surface area contributed by atoms with Gasteiger partial charge in [0.1, 0.15) is 5.75 Å². The lowest BCUT2D eigenvalue weighted by molar-refractivity contribution is 0.0734. The number of ether oxygens (including phenoxy) is 1. The molecule has 0 radical (unpaired) electrons. The first-order chi connectivity index (χ1) is 13.5. The van der Waals surface area contributed by atoms with E-state index >= 15 is 0 Å². The number of carbonyl (C=O) groups excluding carboxylic acids is 2. The summed E-state index contributed by atoms with van der Waals surface area (Å²) in [4.78, 5) is 28.2. The summed E-state index contributed by atoms with van der Waals surface area (Å²) in [5.41, 5.74) is 3.80. The van der Waals surface area contributed by atoms with Crippen LogP contribution in [0.2, 0.25) is 0 Å². The number of hydrogen-bond donors (Lipinski definition) is 1. The minimum Gasteiger partial charge on any atom is -0.422 e. The van der Waals surface area contributed by atoms with E-state index in [2.05, 4.69) is 47.4 Å². The molecule has 3 aromatic rings. The van der Waals surface area contributed by atoms with Crippen LogP contribution in [0.15, 0.2) is 81.0 Å². The Balaban J connectivity index is 1.74. The number of aromatic nitrogens is 1. The molecule has 2 aromatic carbocycles. The first-order valence-electron chi connectivity index (χ1n) is 8.03. The molecule has 0 saturated carbocycles. The fourth-order valence-electron chi connectivity index (χ4n) is 2.19. The highest BCUT2D eigenvalue weighted by Gasteiger charge is 2.12. The van der Waals surface area contributed by atoms with Crippen molar-refractivity contribution in [1.29, 1.82) is 0 Å². The van der Waals surface area contributed by atoms with Gasteiger partial charge in [0.15, 0.2) is 0 Å². The molecule has 0 aliphatic rings. The molecule has 1 aromatic heterocycles. The second-order valence-electron chi connectivity index (χ2n) is 5.51. The molecule has 0 atom stereocenters. The molecule has 1 N–H and O–H groups in total.